The quantitative estimate of drug-likeness (QED) is 0.779. The van der Waals surface area contributed by atoms with Crippen molar-refractivity contribution in [3.8, 4) is 0 Å². The van der Waals surface area contributed by atoms with Gasteiger partial charge >= 0.3 is 0 Å². The van der Waals surface area contributed by atoms with E-state index in [1.165, 1.54) is 18.2 Å². The van der Waals surface area contributed by atoms with Gasteiger partial charge in [0.1, 0.15) is 0 Å². The van der Waals surface area contributed by atoms with Crippen LogP contribution in [0.3, 0.4) is 0 Å². The monoisotopic (exact) mass is 266 g/mol. The van der Waals surface area contributed by atoms with Crippen LogP contribution in [0.25, 0.3) is 0 Å². The van der Waals surface area contributed by atoms with Gasteiger partial charge in [0.25, 0.3) is 0 Å². The van der Waals surface area contributed by atoms with Gasteiger partial charge in [0.2, 0.25) is 0 Å². The lowest BCUT2D eigenvalue weighted by atomic mass is 10.3. The number of rotatable bonds is 1. The predicted octanol–water partition coefficient (Wildman–Crippen LogP) is 3.57. The van der Waals surface area contributed by atoms with Gasteiger partial charge in [-0.05, 0) is 39.0 Å². The first-order valence-electron chi connectivity index (χ1n) is 4.35. The zero-order chi connectivity index (χ0) is 11.9. The maximum Gasteiger partial charge on any atom is 0.183 e. The summed E-state index contributed by atoms with van der Waals surface area (Å²) in [5, 5.41) is 0.649. The predicted molar refractivity (Wildman–Crippen MR) is 63.4 cm³/mol. The maximum atomic E-state index is 12.0. The molecule has 0 spiro atoms. The van der Waals surface area contributed by atoms with Crippen LogP contribution in [0, 0.1) is 0 Å². The topological polar surface area (TPSA) is 34.1 Å². The van der Waals surface area contributed by atoms with Crippen molar-refractivity contribution in [2.45, 2.75) is 30.4 Å². The SMILES string of the molecule is CC(C)(C)S(=O)(=O)c1cc(Cl)cc(Cl)c1. The zero-order valence-electron chi connectivity index (χ0n) is 8.71. The molecule has 84 valence electrons. The minimum absolute atomic E-state index is 0.160. The maximum absolute atomic E-state index is 12.0. The molecule has 1 aromatic carbocycles. The van der Waals surface area contributed by atoms with Crippen molar-refractivity contribution in [3.63, 3.8) is 0 Å². The molecule has 15 heavy (non-hydrogen) atoms. The van der Waals surface area contributed by atoms with Gasteiger partial charge in [0.15, 0.2) is 9.84 Å². The number of hydrogen-bond donors (Lipinski definition) is 0. The molecule has 0 unspecified atom stereocenters. The Kier molecular flexibility index (Phi) is 3.39. The number of benzene rings is 1. The highest BCUT2D eigenvalue weighted by atomic mass is 35.5. The van der Waals surface area contributed by atoms with Gasteiger partial charge in [0.05, 0.1) is 9.64 Å². The van der Waals surface area contributed by atoms with Gasteiger partial charge in [-0.25, -0.2) is 8.42 Å². The van der Waals surface area contributed by atoms with Crippen LogP contribution < -0.4 is 0 Å². The molecule has 1 rings (SSSR count). The first-order valence-corrected chi connectivity index (χ1v) is 6.59. The van der Waals surface area contributed by atoms with Gasteiger partial charge in [0, 0.05) is 10.0 Å². The zero-order valence-corrected chi connectivity index (χ0v) is 11.0. The van der Waals surface area contributed by atoms with E-state index < -0.39 is 14.6 Å². The first kappa shape index (κ1) is 12.8. The van der Waals surface area contributed by atoms with Gasteiger partial charge in [-0.2, -0.15) is 0 Å². The van der Waals surface area contributed by atoms with Crippen molar-refractivity contribution in [1.29, 1.82) is 0 Å². The van der Waals surface area contributed by atoms with E-state index >= 15 is 0 Å². The normalized spacial score (nSPS) is 12.9. The van der Waals surface area contributed by atoms with Crippen molar-refractivity contribution in [2.75, 3.05) is 0 Å². The third kappa shape index (κ3) is 2.65. The molecule has 0 aliphatic carbocycles. The molecular formula is C10H12Cl2O2S. The second kappa shape index (κ2) is 3.96. The first-order chi connectivity index (χ1) is 6.64. The van der Waals surface area contributed by atoms with Crippen LogP contribution in [0.15, 0.2) is 23.1 Å². The second-order valence-corrected chi connectivity index (χ2v) is 7.80. The molecule has 2 nitrogen and oxygen atoms in total. The summed E-state index contributed by atoms with van der Waals surface area (Å²) in [5.74, 6) is 0. The fourth-order valence-corrected chi connectivity index (χ4v) is 2.96. The Bertz CT molecular complexity index is 452. The Morgan fingerprint density at radius 2 is 1.40 bits per heavy atom. The number of hydrogen-bond acceptors (Lipinski definition) is 2. The molecule has 0 saturated carbocycles. The summed E-state index contributed by atoms with van der Waals surface area (Å²) in [6.07, 6.45) is 0. The lowest BCUT2D eigenvalue weighted by molar-refractivity contribution is 0.560. The summed E-state index contributed by atoms with van der Waals surface area (Å²) >= 11 is 11.5. The van der Waals surface area contributed by atoms with Gasteiger partial charge < -0.3 is 0 Å². The van der Waals surface area contributed by atoms with E-state index in [1.54, 1.807) is 20.8 Å². The Morgan fingerprint density at radius 3 is 1.73 bits per heavy atom. The Hall–Kier alpha value is -0.250. The van der Waals surface area contributed by atoms with Gasteiger partial charge in [-0.15, -0.1) is 0 Å². The Morgan fingerprint density at radius 1 is 1.00 bits per heavy atom. The molecular weight excluding hydrogens is 255 g/mol. The van der Waals surface area contributed by atoms with E-state index in [-0.39, 0.29) is 4.90 Å². The number of sulfone groups is 1. The Labute approximate surface area is 100 Å². The fraction of sp³-hybridized carbons (Fsp3) is 0.400. The molecule has 0 saturated heterocycles. The molecule has 0 aliphatic rings. The highest BCUT2D eigenvalue weighted by Gasteiger charge is 2.31. The van der Waals surface area contributed by atoms with E-state index in [2.05, 4.69) is 0 Å². The van der Waals surface area contributed by atoms with Crippen molar-refractivity contribution in [2.24, 2.45) is 0 Å². The molecule has 0 heterocycles. The molecule has 0 N–H and O–H groups in total. The molecule has 0 atom stereocenters. The van der Waals surface area contributed by atoms with Crippen LogP contribution in [-0.4, -0.2) is 13.2 Å². The Balaban J connectivity index is 3.41. The smallest absolute Gasteiger partial charge is 0.183 e. The largest absolute Gasteiger partial charge is 0.223 e. The van der Waals surface area contributed by atoms with Crippen molar-refractivity contribution < 1.29 is 8.42 Å². The van der Waals surface area contributed by atoms with E-state index in [9.17, 15) is 8.42 Å². The fourth-order valence-electron chi connectivity index (χ4n) is 1.04. The van der Waals surface area contributed by atoms with Crippen LogP contribution >= 0.6 is 23.2 Å². The highest BCUT2D eigenvalue weighted by Crippen LogP contribution is 2.29. The van der Waals surface area contributed by atoms with Crippen molar-refractivity contribution in [1.82, 2.24) is 0 Å². The van der Waals surface area contributed by atoms with E-state index in [1.807, 2.05) is 0 Å². The van der Waals surface area contributed by atoms with E-state index in [0.717, 1.165) is 0 Å². The van der Waals surface area contributed by atoms with Crippen molar-refractivity contribution in [3.05, 3.63) is 28.2 Å². The summed E-state index contributed by atoms with van der Waals surface area (Å²) < 4.78 is 23.2. The summed E-state index contributed by atoms with van der Waals surface area (Å²) in [5.41, 5.74) is 0. The van der Waals surface area contributed by atoms with E-state index in [4.69, 9.17) is 23.2 Å². The van der Waals surface area contributed by atoms with Crippen LogP contribution in [0.4, 0.5) is 0 Å². The molecule has 5 heteroatoms. The van der Waals surface area contributed by atoms with Crippen LogP contribution in [0.1, 0.15) is 20.8 Å². The molecule has 0 aromatic heterocycles. The summed E-state index contributed by atoms with van der Waals surface area (Å²) in [6, 6.07) is 4.33. The lowest BCUT2D eigenvalue weighted by Gasteiger charge is -2.19. The molecule has 0 fully saturated rings. The minimum atomic E-state index is -3.39. The van der Waals surface area contributed by atoms with E-state index in [0.29, 0.717) is 10.0 Å². The number of halogens is 2. The van der Waals surface area contributed by atoms with Crippen LogP contribution in [0.5, 0.6) is 0 Å². The third-order valence-electron chi connectivity index (χ3n) is 1.95. The van der Waals surface area contributed by atoms with Crippen LogP contribution in [-0.2, 0) is 9.84 Å². The molecule has 1 aromatic rings. The summed E-state index contributed by atoms with van der Waals surface area (Å²) in [6.45, 7) is 4.91. The van der Waals surface area contributed by atoms with Gasteiger partial charge in [-0.1, -0.05) is 23.2 Å². The highest BCUT2D eigenvalue weighted by molar-refractivity contribution is 7.92. The molecule has 0 aliphatic heterocycles. The second-order valence-electron chi connectivity index (χ2n) is 4.22. The molecule has 0 bridgehead atoms. The molecule has 0 amide bonds. The standard InChI is InChI=1S/C10H12Cl2O2S/c1-10(2,3)15(13,14)9-5-7(11)4-8(12)6-9/h4-6H,1-3H3. The minimum Gasteiger partial charge on any atom is -0.223 e. The van der Waals surface area contributed by atoms with Gasteiger partial charge in [-0.3, -0.25) is 0 Å². The lowest BCUT2D eigenvalue weighted by Crippen LogP contribution is -2.27. The van der Waals surface area contributed by atoms with Crippen molar-refractivity contribution >= 4 is 33.0 Å². The third-order valence-corrected chi connectivity index (χ3v) is 4.86. The summed E-state index contributed by atoms with van der Waals surface area (Å²) in [7, 11) is -3.39. The molecule has 0 radical (unpaired) electrons. The average Bonchev–Trinajstić information content (AvgIpc) is 1.99. The average molecular weight is 267 g/mol. The summed E-state index contributed by atoms with van der Waals surface area (Å²) in [4.78, 5) is 0.160. The van der Waals surface area contributed by atoms with Crippen LogP contribution in [0.2, 0.25) is 10.0 Å².